The Morgan fingerprint density at radius 2 is 2.04 bits per heavy atom. The summed E-state index contributed by atoms with van der Waals surface area (Å²) in [6, 6.07) is 10.6. The third kappa shape index (κ3) is 6.38. The van der Waals surface area contributed by atoms with Gasteiger partial charge in [0.15, 0.2) is 6.61 Å². The van der Waals surface area contributed by atoms with Gasteiger partial charge in [0.1, 0.15) is 5.84 Å². The van der Waals surface area contributed by atoms with Crippen LogP contribution in [-0.4, -0.2) is 24.3 Å². The highest BCUT2D eigenvalue weighted by atomic mass is 35.5. The van der Waals surface area contributed by atoms with Gasteiger partial charge in [-0.2, -0.15) is 0 Å². The van der Waals surface area contributed by atoms with Crippen molar-refractivity contribution in [1.82, 2.24) is 5.32 Å². The third-order valence-corrected chi connectivity index (χ3v) is 4.60. The van der Waals surface area contributed by atoms with E-state index in [1.165, 1.54) is 0 Å². The minimum Gasteiger partial charge on any atom is -0.384 e. The Bertz CT molecular complexity index is 780. The van der Waals surface area contributed by atoms with E-state index in [4.69, 9.17) is 22.2 Å². The lowest BCUT2D eigenvalue weighted by molar-refractivity contribution is -0.126. The quantitative estimate of drug-likeness (QED) is 0.363. The predicted octanol–water partition coefficient (Wildman–Crippen LogP) is 2.90. The Morgan fingerprint density at radius 3 is 2.73 bits per heavy atom. The highest BCUT2D eigenvalue weighted by Crippen LogP contribution is 2.20. The number of carbonyl (C=O) groups is 2. The Labute approximate surface area is 160 Å². The molecule has 2 rings (SSSR count). The molecule has 7 nitrogen and oxygen atoms in total. The molecule has 0 radical (unpaired) electrons. The fraction of sp³-hybridized carbons (Fsp3) is 0.235. The molecule has 1 aromatic carbocycles. The zero-order valence-corrected chi connectivity index (χ0v) is 15.6. The highest BCUT2D eigenvalue weighted by molar-refractivity contribution is 7.10. The van der Waals surface area contributed by atoms with Crippen LogP contribution >= 0.6 is 22.9 Å². The average molecular weight is 395 g/mol. The molecular weight excluding hydrogens is 376 g/mol. The number of rotatable bonds is 8. The molecule has 1 atom stereocenters. The molecule has 138 valence electrons. The fourth-order valence-corrected chi connectivity index (χ4v) is 2.94. The number of halogens is 1. The zero-order valence-electron chi connectivity index (χ0n) is 14.1. The number of nitrogens with zero attached hydrogens (tertiary/aromatic N) is 1. The largest absolute Gasteiger partial charge is 0.384 e. The van der Waals surface area contributed by atoms with Crippen molar-refractivity contribution < 1.29 is 14.4 Å². The van der Waals surface area contributed by atoms with E-state index in [0.717, 1.165) is 4.88 Å². The molecule has 0 bridgehead atoms. The minimum absolute atomic E-state index is 0.0475. The molecule has 2 aromatic rings. The van der Waals surface area contributed by atoms with Gasteiger partial charge in [0.25, 0.3) is 5.91 Å². The summed E-state index contributed by atoms with van der Waals surface area (Å²) in [7, 11) is 0. The van der Waals surface area contributed by atoms with Gasteiger partial charge in [-0.1, -0.05) is 35.0 Å². The van der Waals surface area contributed by atoms with Crippen LogP contribution < -0.4 is 16.4 Å². The van der Waals surface area contributed by atoms with Crippen molar-refractivity contribution in [1.29, 1.82) is 0 Å². The Balaban J connectivity index is 1.73. The van der Waals surface area contributed by atoms with Crippen molar-refractivity contribution in [2.24, 2.45) is 10.9 Å². The molecule has 1 heterocycles. The van der Waals surface area contributed by atoms with E-state index in [1.54, 1.807) is 35.6 Å². The Morgan fingerprint density at radius 1 is 1.27 bits per heavy atom. The predicted molar refractivity (Wildman–Crippen MR) is 103 cm³/mol. The SMILES string of the molecule is CC(NC(=O)CO/N=C(/N)CC(=O)Nc1ccccc1Cl)c1cccs1. The number of amidine groups is 1. The third-order valence-electron chi connectivity index (χ3n) is 3.21. The molecular formula is C17H19ClN4O3S. The van der Waals surface area contributed by atoms with Crippen molar-refractivity contribution >= 4 is 46.3 Å². The second kappa shape index (κ2) is 9.79. The van der Waals surface area contributed by atoms with E-state index < -0.39 is 5.91 Å². The molecule has 0 fully saturated rings. The van der Waals surface area contributed by atoms with Crippen molar-refractivity contribution in [3.63, 3.8) is 0 Å². The number of para-hydroxylation sites is 1. The van der Waals surface area contributed by atoms with Gasteiger partial charge in [0.05, 0.1) is 23.2 Å². The van der Waals surface area contributed by atoms with Gasteiger partial charge in [-0.25, -0.2) is 0 Å². The molecule has 1 aromatic heterocycles. The smallest absolute Gasteiger partial charge is 0.261 e. The normalized spacial score (nSPS) is 12.3. The number of hydrogen-bond acceptors (Lipinski definition) is 5. The number of nitrogens with two attached hydrogens (primary N) is 1. The van der Waals surface area contributed by atoms with E-state index in [2.05, 4.69) is 15.8 Å². The second-order valence-corrected chi connectivity index (χ2v) is 6.75. The minimum atomic E-state index is -0.390. The summed E-state index contributed by atoms with van der Waals surface area (Å²) < 4.78 is 0. The molecule has 9 heteroatoms. The molecule has 0 aliphatic heterocycles. The lowest BCUT2D eigenvalue weighted by atomic mass is 10.3. The zero-order chi connectivity index (χ0) is 18.9. The van der Waals surface area contributed by atoms with E-state index in [9.17, 15) is 9.59 Å². The van der Waals surface area contributed by atoms with Crippen LogP contribution in [0, 0.1) is 0 Å². The lowest BCUT2D eigenvalue weighted by Gasteiger charge is -2.11. The van der Waals surface area contributed by atoms with Gasteiger partial charge >= 0.3 is 0 Å². The van der Waals surface area contributed by atoms with E-state index in [0.29, 0.717) is 10.7 Å². The van der Waals surface area contributed by atoms with Crippen LogP contribution in [0.3, 0.4) is 0 Å². The van der Waals surface area contributed by atoms with Crippen LogP contribution in [0.1, 0.15) is 24.3 Å². The standard InChI is InChI=1S/C17H19ClN4O3S/c1-11(14-7-4-8-26-14)20-17(24)10-25-22-15(19)9-16(23)21-13-6-3-2-5-12(13)18/h2-8,11H,9-10H2,1H3,(H2,19,22)(H,20,24)(H,21,23). The number of benzene rings is 1. The summed E-state index contributed by atoms with van der Waals surface area (Å²) >= 11 is 7.51. The van der Waals surface area contributed by atoms with Gasteiger partial charge in [0, 0.05) is 4.88 Å². The molecule has 0 saturated heterocycles. The number of carbonyl (C=O) groups excluding carboxylic acids is 2. The first-order chi connectivity index (χ1) is 12.5. The van der Waals surface area contributed by atoms with Crippen LogP contribution in [0.5, 0.6) is 0 Å². The van der Waals surface area contributed by atoms with Crippen molar-refractivity contribution in [2.45, 2.75) is 19.4 Å². The van der Waals surface area contributed by atoms with E-state index in [1.807, 2.05) is 24.4 Å². The molecule has 1 unspecified atom stereocenters. The summed E-state index contributed by atoms with van der Waals surface area (Å²) in [5.74, 6) is -0.768. The van der Waals surface area contributed by atoms with Crippen molar-refractivity contribution in [3.8, 4) is 0 Å². The summed E-state index contributed by atoms with van der Waals surface area (Å²) in [6.07, 6.45) is -0.182. The maximum absolute atomic E-state index is 11.9. The number of nitrogens with one attached hydrogen (secondary N) is 2. The lowest BCUT2D eigenvalue weighted by Crippen LogP contribution is -2.29. The van der Waals surface area contributed by atoms with Gasteiger partial charge in [-0.15, -0.1) is 11.3 Å². The molecule has 0 spiro atoms. The first-order valence-electron chi connectivity index (χ1n) is 7.77. The molecule has 4 N–H and O–H groups in total. The van der Waals surface area contributed by atoms with E-state index in [-0.39, 0.29) is 30.8 Å². The van der Waals surface area contributed by atoms with Crippen molar-refractivity contribution in [3.05, 3.63) is 51.7 Å². The summed E-state index contributed by atoms with van der Waals surface area (Å²) in [6.45, 7) is 1.59. The van der Waals surface area contributed by atoms with Crippen LogP contribution in [-0.2, 0) is 14.4 Å². The summed E-state index contributed by atoms with van der Waals surface area (Å²) in [5.41, 5.74) is 6.11. The number of hydrogen-bond donors (Lipinski definition) is 3. The van der Waals surface area contributed by atoms with Crippen molar-refractivity contribution in [2.75, 3.05) is 11.9 Å². The molecule has 0 aliphatic carbocycles. The highest BCUT2D eigenvalue weighted by Gasteiger charge is 2.11. The van der Waals surface area contributed by atoms with Crippen LogP contribution in [0.2, 0.25) is 5.02 Å². The van der Waals surface area contributed by atoms with Crippen LogP contribution in [0.15, 0.2) is 46.9 Å². The molecule has 0 saturated carbocycles. The Hall–Kier alpha value is -2.58. The van der Waals surface area contributed by atoms with Gasteiger partial charge < -0.3 is 21.2 Å². The van der Waals surface area contributed by atoms with Crippen LogP contribution in [0.25, 0.3) is 0 Å². The monoisotopic (exact) mass is 394 g/mol. The fourth-order valence-electron chi connectivity index (χ4n) is 2.02. The summed E-state index contributed by atoms with van der Waals surface area (Å²) in [5, 5.41) is 11.3. The van der Waals surface area contributed by atoms with Gasteiger partial charge in [-0.05, 0) is 30.5 Å². The number of anilines is 1. The van der Waals surface area contributed by atoms with Gasteiger partial charge in [-0.3, -0.25) is 9.59 Å². The number of oxime groups is 1. The first-order valence-corrected chi connectivity index (χ1v) is 9.03. The topological polar surface area (TPSA) is 106 Å². The number of amides is 2. The first kappa shape index (κ1) is 19.7. The maximum Gasteiger partial charge on any atom is 0.261 e. The maximum atomic E-state index is 11.9. The van der Waals surface area contributed by atoms with E-state index >= 15 is 0 Å². The second-order valence-electron chi connectivity index (χ2n) is 5.37. The van der Waals surface area contributed by atoms with Gasteiger partial charge in [0.2, 0.25) is 5.91 Å². The molecule has 26 heavy (non-hydrogen) atoms. The molecule has 0 aliphatic rings. The van der Waals surface area contributed by atoms with Crippen LogP contribution in [0.4, 0.5) is 5.69 Å². The average Bonchev–Trinajstić information content (AvgIpc) is 3.11. The summed E-state index contributed by atoms with van der Waals surface area (Å²) in [4.78, 5) is 29.6. The number of thiophene rings is 1. The molecule has 2 amide bonds. The Kier molecular flexibility index (Phi) is 7.43.